The van der Waals surface area contributed by atoms with Gasteiger partial charge in [0.1, 0.15) is 19.3 Å². The van der Waals surface area contributed by atoms with E-state index in [2.05, 4.69) is 48.5 Å². The third kappa shape index (κ3) is 72.2. The first-order valence-electron chi connectivity index (χ1n) is 40.3. The fraction of sp³-hybridized carbons (Fsp3) is 0.949. The maximum Gasteiger partial charge on any atom is 0.472 e. The fourth-order valence-electron chi connectivity index (χ4n) is 12.0. The van der Waals surface area contributed by atoms with E-state index in [0.29, 0.717) is 25.7 Å². The zero-order chi connectivity index (χ0) is 71.6. The maximum atomic E-state index is 13.1. The quantitative estimate of drug-likeness (QED) is 0.0222. The van der Waals surface area contributed by atoms with Crippen molar-refractivity contribution in [3.05, 3.63) is 0 Å². The molecule has 0 heterocycles. The van der Waals surface area contributed by atoms with Gasteiger partial charge in [0.25, 0.3) is 0 Å². The smallest absolute Gasteiger partial charge is 0.462 e. The van der Waals surface area contributed by atoms with Gasteiger partial charge in [0.2, 0.25) is 0 Å². The summed E-state index contributed by atoms with van der Waals surface area (Å²) in [6, 6.07) is 0. The fourth-order valence-corrected chi connectivity index (χ4v) is 13.5. The topological polar surface area (TPSA) is 237 Å². The van der Waals surface area contributed by atoms with Gasteiger partial charge in [-0.1, -0.05) is 350 Å². The van der Waals surface area contributed by atoms with Crippen molar-refractivity contribution in [2.45, 2.75) is 420 Å². The highest BCUT2D eigenvalue weighted by Gasteiger charge is 2.30. The van der Waals surface area contributed by atoms with E-state index in [0.717, 1.165) is 108 Å². The number of carbonyl (C=O) groups is 4. The van der Waals surface area contributed by atoms with Gasteiger partial charge >= 0.3 is 39.5 Å². The Morgan fingerprint density at radius 3 is 0.701 bits per heavy atom. The number of carbonyl (C=O) groups excluding carboxylic acids is 4. The van der Waals surface area contributed by atoms with E-state index in [4.69, 9.17) is 37.0 Å². The Morgan fingerprint density at radius 1 is 0.278 bits per heavy atom. The molecule has 0 bridgehead atoms. The number of unbranched alkanes of at least 4 members (excludes halogenated alkanes) is 44. The molecular formula is C78H152O17P2. The minimum absolute atomic E-state index is 0.106. The Morgan fingerprint density at radius 2 is 0.474 bits per heavy atom. The Bertz CT molecular complexity index is 1890. The summed E-state index contributed by atoms with van der Waals surface area (Å²) < 4.78 is 68.6. The number of aliphatic hydroxyl groups is 1. The molecule has 0 saturated carbocycles. The van der Waals surface area contributed by atoms with Crippen LogP contribution in [0.2, 0.25) is 0 Å². The third-order valence-electron chi connectivity index (χ3n) is 18.1. The molecule has 576 valence electrons. The highest BCUT2D eigenvalue weighted by molar-refractivity contribution is 7.47. The zero-order valence-corrected chi connectivity index (χ0v) is 65.3. The summed E-state index contributed by atoms with van der Waals surface area (Å²) in [5.41, 5.74) is 0. The van der Waals surface area contributed by atoms with Crippen molar-refractivity contribution >= 4 is 39.5 Å². The number of hydrogen-bond donors (Lipinski definition) is 3. The molecule has 0 aliphatic carbocycles. The molecule has 2 unspecified atom stereocenters. The molecule has 0 rings (SSSR count). The van der Waals surface area contributed by atoms with E-state index in [1.165, 1.54) is 212 Å². The molecule has 97 heavy (non-hydrogen) atoms. The standard InChI is InChI=1S/C78H152O17P2/c1-8-9-10-11-12-13-21-31-38-45-52-59-75(80)88-65-74(95-78(83)62-55-48-41-34-27-26-30-37-44-51-58-71(6)7)68-93-97(86,87)91-64-72(79)63-90-96(84,85)92-67-73(66-89-76(81)60-53-46-39-32-25-20-23-29-36-43-50-57-70(4)5)94-77(82)61-54-47-40-33-24-19-17-15-14-16-18-22-28-35-42-49-56-69(2)3/h69-74,79H,8-68H2,1-7H3,(H,84,85)(H,86,87)/t72-,73-,74-/m1/s1. The minimum Gasteiger partial charge on any atom is -0.462 e. The first-order chi connectivity index (χ1) is 46.7. The largest absolute Gasteiger partial charge is 0.472 e. The molecule has 3 N–H and O–H groups in total. The molecule has 5 atom stereocenters. The summed E-state index contributed by atoms with van der Waals surface area (Å²) in [5.74, 6) is 0.218. The van der Waals surface area contributed by atoms with Crippen LogP contribution in [0.3, 0.4) is 0 Å². The summed E-state index contributed by atoms with van der Waals surface area (Å²) in [4.78, 5) is 72.9. The normalized spacial score (nSPS) is 14.0. The number of phosphoric ester groups is 2. The Kier molecular flexibility index (Phi) is 67.1. The van der Waals surface area contributed by atoms with Gasteiger partial charge in [-0.3, -0.25) is 37.3 Å². The second kappa shape index (κ2) is 68.5. The lowest BCUT2D eigenvalue weighted by Gasteiger charge is -2.21. The first kappa shape index (κ1) is 95.1. The van der Waals surface area contributed by atoms with Crippen LogP contribution in [0, 0.1) is 17.8 Å². The van der Waals surface area contributed by atoms with Gasteiger partial charge in [-0.15, -0.1) is 0 Å². The second-order valence-electron chi connectivity index (χ2n) is 29.5. The zero-order valence-electron chi connectivity index (χ0n) is 63.5. The van der Waals surface area contributed by atoms with Gasteiger partial charge in [0, 0.05) is 25.7 Å². The number of rotatable bonds is 76. The van der Waals surface area contributed by atoms with Crippen molar-refractivity contribution < 1.29 is 80.2 Å². The Balaban J connectivity index is 5.24. The molecule has 0 aromatic rings. The number of esters is 4. The van der Waals surface area contributed by atoms with Crippen LogP contribution in [0.15, 0.2) is 0 Å². The van der Waals surface area contributed by atoms with Crippen molar-refractivity contribution in [2.75, 3.05) is 39.6 Å². The average molecular weight is 1420 g/mol. The van der Waals surface area contributed by atoms with Gasteiger partial charge in [-0.2, -0.15) is 0 Å². The number of hydrogen-bond acceptors (Lipinski definition) is 15. The molecule has 0 aromatic carbocycles. The van der Waals surface area contributed by atoms with E-state index in [1.54, 1.807) is 0 Å². The summed E-state index contributed by atoms with van der Waals surface area (Å²) in [6.07, 6.45) is 55.4. The number of ether oxygens (including phenoxy) is 4. The highest BCUT2D eigenvalue weighted by atomic mass is 31.2. The minimum atomic E-state index is -4.96. The monoisotopic (exact) mass is 1420 g/mol. The van der Waals surface area contributed by atoms with Gasteiger partial charge in [0.05, 0.1) is 26.4 Å². The van der Waals surface area contributed by atoms with E-state index >= 15 is 0 Å². The molecule has 0 amide bonds. The lowest BCUT2D eigenvalue weighted by atomic mass is 10.0. The highest BCUT2D eigenvalue weighted by Crippen LogP contribution is 2.45. The van der Waals surface area contributed by atoms with Gasteiger partial charge < -0.3 is 33.8 Å². The average Bonchev–Trinajstić information content (AvgIpc) is 1.73. The molecule has 17 nitrogen and oxygen atoms in total. The first-order valence-corrected chi connectivity index (χ1v) is 43.3. The predicted octanol–water partition coefficient (Wildman–Crippen LogP) is 23.0. The Labute approximate surface area is 594 Å². The van der Waals surface area contributed by atoms with Gasteiger partial charge in [-0.05, 0) is 43.4 Å². The molecule has 0 aromatic heterocycles. The van der Waals surface area contributed by atoms with Crippen molar-refractivity contribution in [3.63, 3.8) is 0 Å². The predicted molar refractivity (Wildman–Crippen MR) is 395 cm³/mol. The molecule has 0 fully saturated rings. The second-order valence-corrected chi connectivity index (χ2v) is 32.4. The SMILES string of the molecule is CCCCCCCCCCCCCC(=O)OC[C@H](COP(=O)(O)OC[C@H](O)COP(=O)(O)OC[C@@H](COC(=O)CCCCCCCCCCCCCC(C)C)OC(=O)CCCCCCCCCCCCCCCCCCC(C)C)OC(=O)CCCCCCCCCCCCC(C)C. The molecular weight excluding hydrogens is 1270 g/mol. The van der Waals surface area contributed by atoms with Crippen molar-refractivity contribution in [2.24, 2.45) is 17.8 Å². The number of phosphoric acid groups is 2. The molecule has 0 aliphatic rings. The number of aliphatic hydroxyl groups excluding tert-OH is 1. The summed E-state index contributed by atoms with van der Waals surface area (Å²) >= 11 is 0. The van der Waals surface area contributed by atoms with Crippen molar-refractivity contribution in [1.82, 2.24) is 0 Å². The summed E-state index contributed by atoms with van der Waals surface area (Å²) in [6.45, 7) is 11.9. The van der Waals surface area contributed by atoms with Gasteiger partial charge in [-0.25, -0.2) is 9.13 Å². The van der Waals surface area contributed by atoms with Crippen LogP contribution in [0.1, 0.15) is 402 Å². The molecule has 0 aliphatic heterocycles. The molecule has 0 saturated heterocycles. The summed E-state index contributed by atoms with van der Waals surface area (Å²) in [7, 11) is -9.92. The van der Waals surface area contributed by atoms with Crippen molar-refractivity contribution in [1.29, 1.82) is 0 Å². The van der Waals surface area contributed by atoms with Crippen molar-refractivity contribution in [3.8, 4) is 0 Å². The lowest BCUT2D eigenvalue weighted by Crippen LogP contribution is -2.30. The van der Waals surface area contributed by atoms with Crippen LogP contribution >= 0.6 is 15.6 Å². The summed E-state index contributed by atoms with van der Waals surface area (Å²) in [5, 5.41) is 10.6. The van der Waals surface area contributed by atoms with Crippen LogP contribution in [0.4, 0.5) is 0 Å². The third-order valence-corrected chi connectivity index (χ3v) is 20.0. The molecule has 0 radical (unpaired) electrons. The van der Waals surface area contributed by atoms with Crippen LogP contribution in [0.5, 0.6) is 0 Å². The molecule has 19 heteroatoms. The van der Waals surface area contributed by atoms with E-state index < -0.39 is 97.5 Å². The molecule has 0 spiro atoms. The van der Waals surface area contributed by atoms with Crippen LogP contribution < -0.4 is 0 Å². The van der Waals surface area contributed by atoms with Gasteiger partial charge in [0.15, 0.2) is 12.2 Å². The Hall–Kier alpha value is -1.94. The van der Waals surface area contributed by atoms with Crippen LogP contribution in [-0.2, 0) is 65.4 Å². The van der Waals surface area contributed by atoms with Crippen LogP contribution in [0.25, 0.3) is 0 Å². The lowest BCUT2D eigenvalue weighted by molar-refractivity contribution is -0.161. The maximum absolute atomic E-state index is 13.1. The van der Waals surface area contributed by atoms with E-state index in [1.807, 2.05) is 0 Å². The van der Waals surface area contributed by atoms with E-state index in [-0.39, 0.29) is 25.7 Å². The van der Waals surface area contributed by atoms with E-state index in [9.17, 15) is 43.2 Å². The van der Waals surface area contributed by atoms with Crippen LogP contribution in [-0.4, -0.2) is 96.7 Å².